The summed E-state index contributed by atoms with van der Waals surface area (Å²) in [6, 6.07) is 10.4. The van der Waals surface area contributed by atoms with Crippen molar-refractivity contribution in [3.63, 3.8) is 0 Å². The van der Waals surface area contributed by atoms with E-state index in [2.05, 4.69) is 5.32 Å². The highest BCUT2D eigenvalue weighted by Crippen LogP contribution is 2.21. The predicted molar refractivity (Wildman–Crippen MR) is 71.8 cm³/mol. The van der Waals surface area contributed by atoms with Gasteiger partial charge in [-0.15, -0.1) is 0 Å². The molecular formula is C13H10ClFN2O2. The van der Waals surface area contributed by atoms with E-state index in [4.69, 9.17) is 11.6 Å². The first kappa shape index (κ1) is 13.3. The van der Waals surface area contributed by atoms with Gasteiger partial charge in [-0.25, -0.2) is 4.39 Å². The highest BCUT2D eigenvalue weighted by atomic mass is 35.5. The summed E-state index contributed by atoms with van der Waals surface area (Å²) in [6.45, 7) is 0.212. The number of benzene rings is 2. The Hall–Kier alpha value is -2.14. The smallest absolute Gasteiger partial charge is 0.269 e. The molecule has 19 heavy (non-hydrogen) atoms. The molecule has 1 N–H and O–H groups in total. The van der Waals surface area contributed by atoms with Crippen molar-refractivity contribution >= 4 is 23.0 Å². The molecule has 0 heterocycles. The van der Waals surface area contributed by atoms with Gasteiger partial charge < -0.3 is 5.32 Å². The minimum atomic E-state index is -0.475. The molecule has 6 heteroatoms. The molecule has 0 aliphatic carbocycles. The zero-order chi connectivity index (χ0) is 13.8. The summed E-state index contributed by atoms with van der Waals surface area (Å²) in [5, 5.41) is 13.8. The molecule has 0 aliphatic rings. The van der Waals surface area contributed by atoms with Gasteiger partial charge in [0.1, 0.15) is 5.82 Å². The first-order chi connectivity index (χ1) is 9.08. The first-order valence-corrected chi connectivity index (χ1v) is 5.87. The van der Waals surface area contributed by atoms with E-state index < -0.39 is 4.92 Å². The molecule has 0 amide bonds. The average Bonchev–Trinajstić information content (AvgIpc) is 2.38. The van der Waals surface area contributed by atoms with Gasteiger partial charge in [-0.05, 0) is 24.3 Å². The Labute approximate surface area is 114 Å². The van der Waals surface area contributed by atoms with E-state index in [1.807, 2.05) is 0 Å². The van der Waals surface area contributed by atoms with Crippen molar-refractivity contribution in [1.82, 2.24) is 0 Å². The summed E-state index contributed by atoms with van der Waals surface area (Å²) in [5.74, 6) is -0.387. The van der Waals surface area contributed by atoms with Crippen LogP contribution >= 0.6 is 11.6 Å². The number of halogens is 2. The summed E-state index contributed by atoms with van der Waals surface area (Å²) in [4.78, 5) is 10.0. The number of non-ortho nitro benzene ring substituents is 1. The van der Waals surface area contributed by atoms with Crippen molar-refractivity contribution in [3.8, 4) is 0 Å². The maximum absolute atomic E-state index is 13.5. The molecule has 0 saturated heterocycles. The predicted octanol–water partition coefficient (Wildman–Crippen LogP) is 4.00. The summed E-state index contributed by atoms with van der Waals surface area (Å²) in [6.07, 6.45) is 0. The Morgan fingerprint density at radius 1 is 1.21 bits per heavy atom. The van der Waals surface area contributed by atoms with Gasteiger partial charge in [0.2, 0.25) is 0 Å². The molecule has 2 aromatic carbocycles. The molecule has 0 bridgehead atoms. The Bertz CT molecular complexity index is 582. The maximum Gasteiger partial charge on any atom is 0.269 e. The molecule has 0 fully saturated rings. The summed E-state index contributed by atoms with van der Waals surface area (Å²) < 4.78 is 13.5. The molecule has 0 saturated carbocycles. The Balaban J connectivity index is 2.08. The standard InChI is InChI=1S/C13H10ClFN2O2/c14-12-2-1-3-13(15)11(12)8-16-9-4-6-10(7-5-9)17(18)19/h1-7,16H,8H2. The minimum Gasteiger partial charge on any atom is -0.381 e. The highest BCUT2D eigenvalue weighted by Gasteiger charge is 2.07. The second kappa shape index (κ2) is 5.67. The number of anilines is 1. The van der Waals surface area contributed by atoms with Crippen LogP contribution in [0.4, 0.5) is 15.8 Å². The quantitative estimate of drug-likeness (QED) is 0.680. The molecule has 0 aromatic heterocycles. The van der Waals surface area contributed by atoms with E-state index in [1.165, 1.54) is 24.3 Å². The molecule has 0 atom stereocenters. The third kappa shape index (κ3) is 3.20. The van der Waals surface area contributed by atoms with Gasteiger partial charge in [0.05, 0.1) is 4.92 Å². The Morgan fingerprint density at radius 3 is 2.47 bits per heavy atom. The van der Waals surface area contributed by atoms with Crippen molar-refractivity contribution in [3.05, 3.63) is 69.0 Å². The van der Waals surface area contributed by atoms with Crippen LogP contribution in [0.5, 0.6) is 0 Å². The fourth-order valence-corrected chi connectivity index (χ4v) is 1.82. The molecule has 98 valence electrons. The van der Waals surface area contributed by atoms with Crippen LogP contribution in [0.3, 0.4) is 0 Å². The summed E-state index contributed by atoms with van der Waals surface area (Å²) >= 11 is 5.89. The lowest BCUT2D eigenvalue weighted by molar-refractivity contribution is -0.384. The summed E-state index contributed by atoms with van der Waals surface area (Å²) in [5.41, 5.74) is 1.03. The second-order valence-corrected chi connectivity index (χ2v) is 4.26. The van der Waals surface area contributed by atoms with Crippen molar-refractivity contribution in [1.29, 1.82) is 0 Å². The molecule has 4 nitrogen and oxygen atoms in total. The fourth-order valence-electron chi connectivity index (χ4n) is 1.59. The maximum atomic E-state index is 13.5. The number of nitro benzene ring substituents is 1. The van der Waals surface area contributed by atoms with Crippen molar-refractivity contribution < 1.29 is 9.31 Å². The van der Waals surface area contributed by atoms with Gasteiger partial charge in [-0.3, -0.25) is 10.1 Å². The zero-order valence-electron chi connectivity index (χ0n) is 9.77. The van der Waals surface area contributed by atoms with E-state index in [0.29, 0.717) is 16.3 Å². The number of nitrogens with zero attached hydrogens (tertiary/aromatic N) is 1. The first-order valence-electron chi connectivity index (χ1n) is 5.49. The number of hydrogen-bond donors (Lipinski definition) is 1. The number of hydrogen-bond acceptors (Lipinski definition) is 3. The van der Waals surface area contributed by atoms with Crippen LogP contribution < -0.4 is 5.32 Å². The van der Waals surface area contributed by atoms with Crippen LogP contribution in [0.2, 0.25) is 5.02 Å². The normalized spacial score (nSPS) is 10.2. The second-order valence-electron chi connectivity index (χ2n) is 3.86. The lowest BCUT2D eigenvalue weighted by Gasteiger charge is -2.08. The number of nitrogens with one attached hydrogen (secondary N) is 1. The largest absolute Gasteiger partial charge is 0.381 e. The Morgan fingerprint density at radius 2 is 1.89 bits per heavy atom. The lowest BCUT2D eigenvalue weighted by Crippen LogP contribution is -2.02. The summed E-state index contributed by atoms with van der Waals surface area (Å²) in [7, 11) is 0. The van der Waals surface area contributed by atoms with E-state index in [1.54, 1.807) is 18.2 Å². The number of rotatable bonds is 4. The van der Waals surface area contributed by atoms with E-state index in [0.717, 1.165) is 0 Å². The topological polar surface area (TPSA) is 55.2 Å². The van der Waals surface area contributed by atoms with Crippen LogP contribution in [0, 0.1) is 15.9 Å². The van der Waals surface area contributed by atoms with E-state index in [-0.39, 0.29) is 18.0 Å². The van der Waals surface area contributed by atoms with Crippen LogP contribution in [0.1, 0.15) is 5.56 Å². The van der Waals surface area contributed by atoms with E-state index in [9.17, 15) is 14.5 Å². The van der Waals surface area contributed by atoms with Crippen LogP contribution in [0.25, 0.3) is 0 Å². The zero-order valence-corrected chi connectivity index (χ0v) is 10.5. The van der Waals surface area contributed by atoms with Gasteiger partial charge in [0.15, 0.2) is 0 Å². The molecule has 0 unspecified atom stereocenters. The van der Waals surface area contributed by atoms with Gasteiger partial charge in [-0.1, -0.05) is 17.7 Å². The average molecular weight is 281 g/mol. The Kier molecular flexibility index (Phi) is 3.97. The molecule has 0 radical (unpaired) electrons. The minimum absolute atomic E-state index is 0.00877. The molecule has 0 aliphatic heterocycles. The van der Waals surface area contributed by atoms with Gasteiger partial charge in [0, 0.05) is 35.0 Å². The van der Waals surface area contributed by atoms with Crippen molar-refractivity contribution in [2.75, 3.05) is 5.32 Å². The number of nitro groups is 1. The highest BCUT2D eigenvalue weighted by molar-refractivity contribution is 6.31. The van der Waals surface area contributed by atoms with Crippen molar-refractivity contribution in [2.24, 2.45) is 0 Å². The van der Waals surface area contributed by atoms with Crippen LogP contribution in [-0.4, -0.2) is 4.92 Å². The molecule has 2 aromatic rings. The van der Waals surface area contributed by atoms with Crippen LogP contribution in [0.15, 0.2) is 42.5 Å². The fraction of sp³-hybridized carbons (Fsp3) is 0.0769. The monoisotopic (exact) mass is 280 g/mol. The third-order valence-corrected chi connectivity index (χ3v) is 2.96. The third-order valence-electron chi connectivity index (χ3n) is 2.61. The molecule has 2 rings (SSSR count). The molecule has 0 spiro atoms. The van der Waals surface area contributed by atoms with Gasteiger partial charge in [0.25, 0.3) is 5.69 Å². The lowest BCUT2D eigenvalue weighted by atomic mass is 10.2. The van der Waals surface area contributed by atoms with E-state index >= 15 is 0 Å². The molecular weight excluding hydrogens is 271 g/mol. The van der Waals surface area contributed by atoms with Gasteiger partial charge in [-0.2, -0.15) is 0 Å². The van der Waals surface area contributed by atoms with Crippen molar-refractivity contribution in [2.45, 2.75) is 6.54 Å². The van der Waals surface area contributed by atoms with Crippen LogP contribution in [-0.2, 0) is 6.54 Å². The SMILES string of the molecule is O=[N+]([O-])c1ccc(NCc2c(F)cccc2Cl)cc1. The van der Waals surface area contributed by atoms with Gasteiger partial charge >= 0.3 is 0 Å².